The van der Waals surface area contributed by atoms with Crippen LogP contribution in [0, 0.1) is 0 Å². The minimum absolute atomic E-state index is 0.146. The maximum Gasteiger partial charge on any atom is 0.128 e. The van der Waals surface area contributed by atoms with Crippen molar-refractivity contribution in [3.05, 3.63) is 29.8 Å². The zero-order valence-electron chi connectivity index (χ0n) is 9.19. The minimum atomic E-state index is -0.961. The fourth-order valence-corrected chi connectivity index (χ4v) is 2.53. The second kappa shape index (κ2) is 3.45. The van der Waals surface area contributed by atoms with Gasteiger partial charge in [-0.25, -0.2) is 4.39 Å². The van der Waals surface area contributed by atoms with Gasteiger partial charge < -0.3 is 10.0 Å². The van der Waals surface area contributed by atoms with Crippen molar-refractivity contribution in [1.82, 2.24) is 0 Å². The molecule has 1 aliphatic carbocycles. The van der Waals surface area contributed by atoms with Crippen LogP contribution in [0.3, 0.4) is 0 Å². The van der Waals surface area contributed by atoms with Crippen molar-refractivity contribution >= 4 is 5.69 Å². The molecule has 2 aliphatic rings. The number of anilines is 1. The molecule has 0 aromatic heterocycles. The average Bonchev–Trinajstić information content (AvgIpc) is 2.91. The highest BCUT2D eigenvalue weighted by molar-refractivity contribution is 5.60. The van der Waals surface area contributed by atoms with Crippen LogP contribution in [0.1, 0.15) is 24.3 Å². The zero-order chi connectivity index (χ0) is 11.2. The second-order valence-corrected chi connectivity index (χ2v) is 4.97. The lowest BCUT2D eigenvalue weighted by atomic mass is 10.0. The van der Waals surface area contributed by atoms with Crippen LogP contribution >= 0.6 is 0 Å². The Morgan fingerprint density at radius 1 is 1.38 bits per heavy atom. The summed E-state index contributed by atoms with van der Waals surface area (Å²) in [5.74, 6) is 0.151. The van der Waals surface area contributed by atoms with Crippen molar-refractivity contribution < 1.29 is 9.50 Å². The SMILES string of the molecule is OCC1CN(CC2(F)CC2)c2ccccc21. The summed E-state index contributed by atoms with van der Waals surface area (Å²) in [6, 6.07) is 8.02. The highest BCUT2D eigenvalue weighted by Gasteiger charge is 2.46. The Hall–Kier alpha value is -1.09. The second-order valence-electron chi connectivity index (χ2n) is 4.97. The van der Waals surface area contributed by atoms with Crippen LogP contribution in [-0.2, 0) is 0 Å². The fraction of sp³-hybridized carbons (Fsp3) is 0.538. The van der Waals surface area contributed by atoms with Gasteiger partial charge in [-0.05, 0) is 24.5 Å². The molecule has 3 rings (SSSR count). The topological polar surface area (TPSA) is 23.5 Å². The van der Waals surface area contributed by atoms with E-state index in [2.05, 4.69) is 4.90 Å². The van der Waals surface area contributed by atoms with Crippen molar-refractivity contribution in [3.8, 4) is 0 Å². The predicted octanol–water partition coefficient (Wildman–Crippen LogP) is 2.08. The minimum Gasteiger partial charge on any atom is -0.396 e. The van der Waals surface area contributed by atoms with Gasteiger partial charge in [0.15, 0.2) is 0 Å². The van der Waals surface area contributed by atoms with E-state index in [0.717, 1.165) is 17.8 Å². The molecule has 1 N–H and O–H groups in total. The van der Waals surface area contributed by atoms with Crippen LogP contribution in [-0.4, -0.2) is 30.5 Å². The van der Waals surface area contributed by atoms with Crippen LogP contribution in [0.15, 0.2) is 24.3 Å². The van der Waals surface area contributed by atoms with E-state index in [4.69, 9.17) is 0 Å². The van der Waals surface area contributed by atoms with E-state index in [1.807, 2.05) is 24.3 Å². The normalized spacial score (nSPS) is 25.6. The molecular formula is C13H16FNO. The smallest absolute Gasteiger partial charge is 0.128 e. The molecule has 1 heterocycles. The number of benzene rings is 1. The van der Waals surface area contributed by atoms with Gasteiger partial charge in [-0.2, -0.15) is 0 Å². The van der Waals surface area contributed by atoms with Gasteiger partial charge in [0.1, 0.15) is 5.67 Å². The Labute approximate surface area is 94.7 Å². The number of para-hydroxylation sites is 1. The summed E-state index contributed by atoms with van der Waals surface area (Å²) in [4.78, 5) is 2.09. The monoisotopic (exact) mass is 221 g/mol. The summed E-state index contributed by atoms with van der Waals surface area (Å²) in [6.45, 7) is 1.38. The molecular weight excluding hydrogens is 205 g/mol. The Morgan fingerprint density at radius 2 is 2.12 bits per heavy atom. The summed E-state index contributed by atoms with van der Waals surface area (Å²) in [5.41, 5.74) is 1.30. The standard InChI is InChI=1S/C13H16FNO/c14-13(5-6-13)9-15-7-10(8-16)11-3-1-2-4-12(11)15/h1-4,10,16H,5-9H2. The molecule has 1 unspecified atom stereocenters. The number of hydrogen-bond acceptors (Lipinski definition) is 2. The van der Waals surface area contributed by atoms with Gasteiger partial charge in [0, 0.05) is 18.2 Å². The molecule has 1 saturated carbocycles. The van der Waals surface area contributed by atoms with Gasteiger partial charge >= 0.3 is 0 Å². The van der Waals surface area contributed by atoms with Crippen LogP contribution in [0.5, 0.6) is 0 Å². The van der Waals surface area contributed by atoms with Gasteiger partial charge in [0.2, 0.25) is 0 Å². The van der Waals surface area contributed by atoms with E-state index in [1.165, 1.54) is 0 Å². The Morgan fingerprint density at radius 3 is 2.81 bits per heavy atom. The lowest BCUT2D eigenvalue weighted by Crippen LogP contribution is -2.31. The van der Waals surface area contributed by atoms with Gasteiger partial charge in [0.25, 0.3) is 0 Å². The highest BCUT2D eigenvalue weighted by Crippen LogP contribution is 2.44. The van der Waals surface area contributed by atoms with Crippen LogP contribution in [0.2, 0.25) is 0 Å². The van der Waals surface area contributed by atoms with Crippen molar-refractivity contribution in [2.45, 2.75) is 24.4 Å². The van der Waals surface area contributed by atoms with Crippen LogP contribution in [0.25, 0.3) is 0 Å². The summed E-state index contributed by atoms with van der Waals surface area (Å²) < 4.78 is 13.8. The molecule has 1 atom stereocenters. The van der Waals surface area contributed by atoms with Gasteiger partial charge in [-0.15, -0.1) is 0 Å². The Balaban J connectivity index is 1.87. The van der Waals surface area contributed by atoms with Crippen molar-refractivity contribution in [2.75, 3.05) is 24.6 Å². The summed E-state index contributed by atoms with van der Waals surface area (Å²) in [6.07, 6.45) is 1.38. The van der Waals surface area contributed by atoms with E-state index in [9.17, 15) is 9.50 Å². The molecule has 0 saturated heterocycles. The summed E-state index contributed by atoms with van der Waals surface area (Å²) in [5, 5.41) is 9.32. The first-order chi connectivity index (χ1) is 7.72. The summed E-state index contributed by atoms with van der Waals surface area (Å²) >= 11 is 0. The first-order valence-corrected chi connectivity index (χ1v) is 5.85. The number of aliphatic hydroxyl groups excluding tert-OH is 1. The lowest BCUT2D eigenvalue weighted by Gasteiger charge is -2.21. The Kier molecular flexibility index (Phi) is 2.18. The molecule has 1 aromatic carbocycles. The predicted molar refractivity (Wildman–Crippen MR) is 61.6 cm³/mol. The number of hydrogen-bond donors (Lipinski definition) is 1. The van der Waals surface area contributed by atoms with Crippen molar-refractivity contribution in [1.29, 1.82) is 0 Å². The molecule has 16 heavy (non-hydrogen) atoms. The number of nitrogens with zero attached hydrogens (tertiary/aromatic N) is 1. The van der Waals surface area contributed by atoms with E-state index < -0.39 is 5.67 Å². The lowest BCUT2D eigenvalue weighted by molar-refractivity contribution is 0.266. The van der Waals surface area contributed by atoms with Gasteiger partial charge in [0.05, 0.1) is 13.2 Å². The third kappa shape index (κ3) is 1.59. The molecule has 0 amide bonds. The number of halogens is 1. The number of alkyl halides is 1. The van der Waals surface area contributed by atoms with Crippen molar-refractivity contribution in [2.24, 2.45) is 0 Å². The number of fused-ring (bicyclic) bond motifs is 1. The quantitative estimate of drug-likeness (QED) is 0.844. The maximum absolute atomic E-state index is 13.8. The molecule has 2 nitrogen and oxygen atoms in total. The van der Waals surface area contributed by atoms with Gasteiger partial charge in [-0.3, -0.25) is 0 Å². The fourth-order valence-electron chi connectivity index (χ4n) is 2.53. The van der Waals surface area contributed by atoms with Crippen LogP contribution < -0.4 is 4.90 Å². The zero-order valence-corrected chi connectivity index (χ0v) is 9.19. The largest absolute Gasteiger partial charge is 0.396 e. The molecule has 0 radical (unpaired) electrons. The molecule has 1 aliphatic heterocycles. The molecule has 0 spiro atoms. The Bertz CT molecular complexity index is 403. The molecule has 0 bridgehead atoms. The number of aliphatic hydroxyl groups is 1. The first kappa shape index (κ1) is 10.1. The van der Waals surface area contributed by atoms with E-state index >= 15 is 0 Å². The maximum atomic E-state index is 13.8. The molecule has 3 heteroatoms. The average molecular weight is 221 g/mol. The molecule has 1 aromatic rings. The number of rotatable bonds is 3. The summed E-state index contributed by atoms with van der Waals surface area (Å²) in [7, 11) is 0. The third-order valence-electron chi connectivity index (χ3n) is 3.65. The first-order valence-electron chi connectivity index (χ1n) is 5.85. The van der Waals surface area contributed by atoms with Crippen LogP contribution in [0.4, 0.5) is 10.1 Å². The van der Waals surface area contributed by atoms with E-state index in [-0.39, 0.29) is 12.5 Å². The highest BCUT2D eigenvalue weighted by atomic mass is 19.1. The van der Waals surface area contributed by atoms with Crippen molar-refractivity contribution in [3.63, 3.8) is 0 Å². The van der Waals surface area contributed by atoms with E-state index in [1.54, 1.807) is 0 Å². The molecule has 86 valence electrons. The molecule has 1 fully saturated rings. The van der Waals surface area contributed by atoms with Gasteiger partial charge in [-0.1, -0.05) is 18.2 Å². The third-order valence-corrected chi connectivity index (χ3v) is 3.65. The van der Waals surface area contributed by atoms with E-state index in [0.29, 0.717) is 19.4 Å².